The molecule has 2 fully saturated rings. The van der Waals surface area contributed by atoms with Gasteiger partial charge < -0.3 is 9.47 Å². The Bertz CT molecular complexity index is 745. The lowest BCUT2D eigenvalue weighted by atomic mass is 10.0. The van der Waals surface area contributed by atoms with Crippen LogP contribution in [0.4, 0.5) is 0 Å². The molecule has 1 aromatic heterocycles. The highest BCUT2D eigenvalue weighted by Gasteiger charge is 2.35. The van der Waals surface area contributed by atoms with Crippen LogP contribution in [0.3, 0.4) is 0 Å². The number of carbonyl (C=O) groups excluding carboxylic acids is 1. The Morgan fingerprint density at radius 3 is 2.54 bits per heavy atom. The monoisotopic (exact) mass is 326 g/mol. The first kappa shape index (κ1) is 15.7. The lowest BCUT2D eigenvalue weighted by Crippen LogP contribution is -2.58. The van der Waals surface area contributed by atoms with E-state index >= 15 is 0 Å². The molecule has 5 heteroatoms. The van der Waals surface area contributed by atoms with E-state index in [9.17, 15) is 4.79 Å². The molecule has 1 unspecified atom stereocenters. The number of amides is 1. The first-order valence-corrected chi connectivity index (χ1v) is 8.88. The summed E-state index contributed by atoms with van der Waals surface area (Å²) in [6.45, 7) is 5.64. The molecule has 0 spiro atoms. The second-order valence-corrected chi connectivity index (χ2v) is 7.17. The van der Waals surface area contributed by atoms with Gasteiger partial charge in [0.1, 0.15) is 0 Å². The van der Waals surface area contributed by atoms with Crippen molar-refractivity contribution < 1.29 is 4.79 Å². The molecule has 24 heavy (non-hydrogen) atoms. The summed E-state index contributed by atoms with van der Waals surface area (Å²) in [4.78, 5) is 19.2. The number of para-hydroxylation sites is 1. The van der Waals surface area contributed by atoms with Gasteiger partial charge in [-0.15, -0.1) is 0 Å². The van der Waals surface area contributed by atoms with Crippen LogP contribution in [0, 0.1) is 0 Å². The molecule has 2 saturated heterocycles. The molecule has 128 valence electrons. The zero-order valence-corrected chi connectivity index (χ0v) is 14.6. The molecule has 3 heterocycles. The van der Waals surface area contributed by atoms with E-state index in [0.29, 0.717) is 5.91 Å². The van der Waals surface area contributed by atoms with Gasteiger partial charge in [0.05, 0.1) is 11.6 Å². The third kappa shape index (κ3) is 2.72. The Labute approximate surface area is 143 Å². The van der Waals surface area contributed by atoms with Gasteiger partial charge in [0, 0.05) is 52.5 Å². The molecule has 2 aromatic rings. The zero-order valence-electron chi connectivity index (χ0n) is 14.6. The largest absolute Gasteiger partial charge is 0.350 e. The average molecular weight is 326 g/mol. The minimum absolute atomic E-state index is 0.133. The van der Waals surface area contributed by atoms with Gasteiger partial charge in [-0.3, -0.25) is 14.6 Å². The second-order valence-electron chi connectivity index (χ2n) is 7.17. The summed E-state index contributed by atoms with van der Waals surface area (Å²) in [5.41, 5.74) is 2.70. The first-order chi connectivity index (χ1) is 11.6. The normalized spacial score (nSPS) is 22.8. The van der Waals surface area contributed by atoms with Gasteiger partial charge in [-0.2, -0.15) is 0 Å². The Balaban J connectivity index is 1.39. The minimum Gasteiger partial charge on any atom is -0.350 e. The molecule has 4 rings (SSSR count). The second kappa shape index (κ2) is 6.22. The fourth-order valence-electron chi connectivity index (χ4n) is 3.98. The summed E-state index contributed by atoms with van der Waals surface area (Å²) in [5.74, 6) is 0.327. The van der Waals surface area contributed by atoms with Crippen LogP contribution < -0.4 is 0 Å². The van der Waals surface area contributed by atoms with Crippen molar-refractivity contribution in [3.8, 4) is 0 Å². The van der Waals surface area contributed by atoms with E-state index in [4.69, 9.17) is 0 Å². The van der Waals surface area contributed by atoms with E-state index in [1.54, 1.807) is 0 Å². The van der Waals surface area contributed by atoms with E-state index in [1.165, 1.54) is 16.5 Å². The van der Waals surface area contributed by atoms with Gasteiger partial charge >= 0.3 is 0 Å². The van der Waals surface area contributed by atoms with E-state index in [2.05, 4.69) is 56.8 Å². The molecule has 1 atom stereocenters. The fourth-order valence-corrected chi connectivity index (χ4v) is 3.98. The first-order valence-electron chi connectivity index (χ1n) is 8.88. The molecule has 2 aliphatic heterocycles. The molecule has 0 N–H and O–H groups in total. The van der Waals surface area contributed by atoms with Crippen molar-refractivity contribution in [2.45, 2.75) is 19.0 Å². The Hall–Kier alpha value is -1.85. The lowest BCUT2D eigenvalue weighted by molar-refractivity contribution is -0.142. The van der Waals surface area contributed by atoms with Gasteiger partial charge in [0.25, 0.3) is 0 Å². The predicted molar refractivity (Wildman–Crippen MR) is 95.8 cm³/mol. The predicted octanol–water partition coefficient (Wildman–Crippen LogP) is 1.53. The summed E-state index contributed by atoms with van der Waals surface area (Å²) in [7, 11) is 4.15. The van der Waals surface area contributed by atoms with Crippen LogP contribution >= 0.6 is 0 Å². The van der Waals surface area contributed by atoms with Crippen molar-refractivity contribution in [3.05, 3.63) is 36.0 Å². The van der Waals surface area contributed by atoms with E-state index in [0.717, 1.165) is 45.7 Å². The maximum absolute atomic E-state index is 12.5. The van der Waals surface area contributed by atoms with Crippen molar-refractivity contribution in [2.24, 2.45) is 7.05 Å². The zero-order chi connectivity index (χ0) is 16.7. The highest BCUT2D eigenvalue weighted by atomic mass is 16.2. The van der Waals surface area contributed by atoms with Crippen LogP contribution in [-0.4, -0.2) is 71.0 Å². The molecule has 2 aliphatic rings. The van der Waals surface area contributed by atoms with E-state index in [-0.39, 0.29) is 6.04 Å². The maximum atomic E-state index is 12.5. The smallest absolute Gasteiger partial charge is 0.240 e. The molecule has 1 amide bonds. The van der Waals surface area contributed by atoms with Crippen molar-refractivity contribution in [1.82, 2.24) is 19.3 Å². The Morgan fingerprint density at radius 2 is 1.88 bits per heavy atom. The summed E-state index contributed by atoms with van der Waals surface area (Å²) in [6.07, 6.45) is 3.14. The van der Waals surface area contributed by atoms with Crippen molar-refractivity contribution in [1.29, 1.82) is 0 Å². The standard InChI is InChI=1S/C19H26N4O/c1-20-9-7-17(20)19(24)23-12-10-22(11-13-23)14-16-5-3-4-15-6-8-21(2)18(15)16/h3-6,8,17H,7,9-14H2,1-2H3. The topological polar surface area (TPSA) is 31.7 Å². The number of benzene rings is 1. The van der Waals surface area contributed by atoms with Crippen LogP contribution in [0.5, 0.6) is 0 Å². The molecular weight excluding hydrogens is 300 g/mol. The number of fused-ring (bicyclic) bond motifs is 1. The van der Waals surface area contributed by atoms with E-state index < -0.39 is 0 Å². The van der Waals surface area contributed by atoms with Gasteiger partial charge in [0.2, 0.25) is 5.91 Å². The summed E-state index contributed by atoms with van der Waals surface area (Å²) in [5, 5.41) is 1.30. The highest BCUT2D eigenvalue weighted by molar-refractivity contribution is 5.83. The quantitative estimate of drug-likeness (QED) is 0.857. The molecule has 0 aliphatic carbocycles. The lowest BCUT2D eigenvalue weighted by Gasteiger charge is -2.42. The fraction of sp³-hybridized carbons (Fsp3) is 0.526. The number of hydrogen-bond acceptors (Lipinski definition) is 3. The number of likely N-dealkylation sites (N-methyl/N-ethyl adjacent to an activating group) is 1. The van der Waals surface area contributed by atoms with Gasteiger partial charge in [0.15, 0.2) is 0 Å². The summed E-state index contributed by atoms with van der Waals surface area (Å²) >= 11 is 0. The number of rotatable bonds is 3. The number of hydrogen-bond donors (Lipinski definition) is 0. The highest BCUT2D eigenvalue weighted by Crippen LogP contribution is 2.22. The summed E-state index contributed by atoms with van der Waals surface area (Å²) in [6, 6.07) is 8.84. The van der Waals surface area contributed by atoms with Crippen molar-refractivity contribution >= 4 is 16.8 Å². The number of aromatic nitrogens is 1. The van der Waals surface area contributed by atoms with Crippen LogP contribution in [-0.2, 0) is 18.4 Å². The van der Waals surface area contributed by atoms with Gasteiger partial charge in [-0.1, -0.05) is 18.2 Å². The van der Waals surface area contributed by atoms with Gasteiger partial charge in [-0.05, 0) is 30.5 Å². The molecular formula is C19H26N4O. The molecule has 0 radical (unpaired) electrons. The van der Waals surface area contributed by atoms with Crippen LogP contribution in [0.15, 0.2) is 30.5 Å². The Kier molecular flexibility index (Phi) is 4.06. The maximum Gasteiger partial charge on any atom is 0.240 e. The molecule has 0 bridgehead atoms. The number of carbonyl (C=O) groups is 1. The van der Waals surface area contributed by atoms with Crippen LogP contribution in [0.2, 0.25) is 0 Å². The molecule has 0 saturated carbocycles. The van der Waals surface area contributed by atoms with Crippen molar-refractivity contribution in [3.63, 3.8) is 0 Å². The van der Waals surface area contributed by atoms with Gasteiger partial charge in [-0.25, -0.2) is 0 Å². The third-order valence-corrected chi connectivity index (χ3v) is 5.63. The minimum atomic E-state index is 0.133. The third-order valence-electron chi connectivity index (χ3n) is 5.63. The number of nitrogens with zero attached hydrogens (tertiary/aromatic N) is 4. The van der Waals surface area contributed by atoms with Crippen LogP contribution in [0.25, 0.3) is 10.9 Å². The average Bonchev–Trinajstić information content (AvgIpc) is 2.96. The Morgan fingerprint density at radius 1 is 1.08 bits per heavy atom. The molecule has 1 aromatic carbocycles. The van der Waals surface area contributed by atoms with Crippen molar-refractivity contribution in [2.75, 3.05) is 39.8 Å². The summed E-state index contributed by atoms with van der Waals surface area (Å²) < 4.78 is 2.21. The van der Waals surface area contributed by atoms with E-state index in [1.807, 2.05) is 7.05 Å². The number of piperazine rings is 1. The SMILES string of the molecule is CN1CCC1C(=O)N1CCN(Cc2cccc3ccn(C)c23)CC1. The number of likely N-dealkylation sites (tertiary alicyclic amines) is 1. The van der Waals surface area contributed by atoms with Crippen LogP contribution in [0.1, 0.15) is 12.0 Å². The number of aryl methyl sites for hydroxylation is 1. The molecule has 5 nitrogen and oxygen atoms in total.